The lowest BCUT2D eigenvalue weighted by molar-refractivity contribution is -0.161. The van der Waals surface area contributed by atoms with Gasteiger partial charge < -0.3 is 9.84 Å². The molecule has 8 nitrogen and oxygen atoms in total. The van der Waals surface area contributed by atoms with E-state index >= 15 is 0 Å². The lowest BCUT2D eigenvalue weighted by atomic mass is 9.79. The highest BCUT2D eigenvalue weighted by molar-refractivity contribution is 7.89. The summed E-state index contributed by atoms with van der Waals surface area (Å²) in [4.78, 5) is 18.2. The molecule has 0 bridgehead atoms. The summed E-state index contributed by atoms with van der Waals surface area (Å²) < 4.78 is 32.9. The number of primary sulfonamides is 1. The predicted octanol–water partition coefficient (Wildman–Crippen LogP) is 6.10. The van der Waals surface area contributed by atoms with Gasteiger partial charge in [-0.15, -0.1) is 0 Å². The second-order valence-electron chi connectivity index (χ2n) is 10.6. The normalized spacial score (nSPS) is 18.5. The van der Waals surface area contributed by atoms with Crippen LogP contribution in [0.2, 0.25) is 0 Å². The summed E-state index contributed by atoms with van der Waals surface area (Å²) in [7, 11) is -4.19. The van der Waals surface area contributed by atoms with Crippen molar-refractivity contribution in [2.24, 2.45) is 5.14 Å². The Hall–Kier alpha value is -3.95. The maximum absolute atomic E-state index is 13.7. The molecule has 0 amide bonds. The average Bonchev–Trinajstić information content (AvgIpc) is 3.36. The van der Waals surface area contributed by atoms with Crippen molar-refractivity contribution in [2.75, 3.05) is 0 Å². The lowest BCUT2D eigenvalue weighted by Gasteiger charge is -2.38. The van der Waals surface area contributed by atoms with E-state index in [2.05, 4.69) is 4.98 Å². The van der Waals surface area contributed by atoms with E-state index in [0.717, 1.165) is 18.4 Å². The van der Waals surface area contributed by atoms with Crippen molar-refractivity contribution in [2.45, 2.75) is 69.0 Å². The third-order valence-electron chi connectivity index (χ3n) is 7.83. The van der Waals surface area contributed by atoms with Gasteiger partial charge in [0.1, 0.15) is 11.4 Å². The summed E-state index contributed by atoms with van der Waals surface area (Å²) in [5.41, 5.74) is 2.68. The van der Waals surface area contributed by atoms with E-state index in [1.165, 1.54) is 4.57 Å². The fourth-order valence-corrected chi connectivity index (χ4v) is 6.68. The van der Waals surface area contributed by atoms with Gasteiger partial charge in [0.15, 0.2) is 0 Å². The highest BCUT2D eigenvalue weighted by atomic mass is 32.2. The minimum atomic E-state index is -4.19. The number of ether oxygens (including phenoxy) is 1. The van der Waals surface area contributed by atoms with Gasteiger partial charge in [0.2, 0.25) is 5.16 Å². The molecule has 214 valence electrons. The number of aromatic nitrogens is 2. The van der Waals surface area contributed by atoms with Gasteiger partial charge in [-0.3, -0.25) is 4.57 Å². The van der Waals surface area contributed by atoms with Gasteiger partial charge in [-0.25, -0.2) is 23.3 Å². The van der Waals surface area contributed by atoms with Crippen molar-refractivity contribution in [3.63, 3.8) is 0 Å². The molecular weight excluding hydrogens is 538 g/mol. The molecule has 9 heteroatoms. The lowest BCUT2D eigenvalue weighted by Crippen LogP contribution is -2.41. The summed E-state index contributed by atoms with van der Waals surface area (Å²) in [5, 5.41) is 16.7. The number of fused-ring (bicyclic) bond motifs is 1. The van der Waals surface area contributed by atoms with E-state index in [4.69, 9.17) is 9.88 Å². The molecule has 0 radical (unpaired) electrons. The largest absolute Gasteiger partial charge is 0.512 e. The molecular formula is C32H35N3O5S. The third-order valence-corrected chi connectivity index (χ3v) is 8.62. The SMILES string of the molecule is CCCC1(CCc2ccccc2)CC(O)=C(C(CC)c2cccc3c2nc(S(N)(=O)=O)n3-c2ccccc2)C(=O)O1. The number of carbonyl (C=O) groups is 1. The van der Waals surface area contributed by atoms with Gasteiger partial charge >= 0.3 is 5.97 Å². The van der Waals surface area contributed by atoms with Crippen molar-refractivity contribution in [1.82, 2.24) is 9.55 Å². The monoisotopic (exact) mass is 573 g/mol. The van der Waals surface area contributed by atoms with E-state index in [0.29, 0.717) is 41.5 Å². The van der Waals surface area contributed by atoms with Crippen LogP contribution in [0.25, 0.3) is 16.7 Å². The van der Waals surface area contributed by atoms with Crippen LogP contribution < -0.4 is 5.14 Å². The van der Waals surface area contributed by atoms with Crippen LogP contribution in [0.15, 0.2) is 95.4 Å². The highest BCUT2D eigenvalue weighted by Crippen LogP contribution is 2.43. The standard InChI is InChI=1S/C32H35N3O5S/c1-3-19-32(20-18-22-12-7-5-8-13-22)21-27(36)28(30(37)40-32)24(4-2)25-16-11-17-26-29(25)34-31(41(33,38)39)35(26)23-14-9-6-10-15-23/h5-17,24,36H,3-4,18-21H2,1-2H3,(H2,33,38,39). The van der Waals surface area contributed by atoms with Crippen molar-refractivity contribution in [1.29, 1.82) is 0 Å². The van der Waals surface area contributed by atoms with Gasteiger partial charge in [-0.05, 0) is 55.0 Å². The van der Waals surface area contributed by atoms with Gasteiger partial charge in [0.25, 0.3) is 10.0 Å². The van der Waals surface area contributed by atoms with E-state index in [1.807, 2.05) is 56.3 Å². The molecule has 2 heterocycles. The number of aryl methyl sites for hydroxylation is 1. The molecule has 1 aliphatic rings. The molecule has 0 saturated heterocycles. The van der Waals surface area contributed by atoms with Crippen LogP contribution in [0.3, 0.4) is 0 Å². The number of cyclic esters (lactones) is 1. The molecule has 1 aromatic heterocycles. The number of esters is 1. The first-order chi connectivity index (χ1) is 19.7. The Labute approximate surface area is 240 Å². The summed E-state index contributed by atoms with van der Waals surface area (Å²) in [5.74, 6) is -1.10. The molecule has 3 N–H and O–H groups in total. The quantitative estimate of drug-likeness (QED) is 0.221. The number of aliphatic hydroxyl groups is 1. The summed E-state index contributed by atoms with van der Waals surface area (Å²) in [6.45, 7) is 3.95. The molecule has 0 saturated carbocycles. The van der Waals surface area contributed by atoms with Gasteiger partial charge in [0, 0.05) is 18.0 Å². The minimum Gasteiger partial charge on any atom is -0.512 e. The number of para-hydroxylation sites is 2. The Morgan fingerprint density at radius 3 is 2.29 bits per heavy atom. The highest BCUT2D eigenvalue weighted by Gasteiger charge is 2.43. The predicted molar refractivity (Wildman–Crippen MR) is 158 cm³/mol. The topological polar surface area (TPSA) is 125 Å². The number of hydrogen-bond acceptors (Lipinski definition) is 6. The molecule has 5 rings (SSSR count). The molecule has 0 aliphatic carbocycles. The second kappa shape index (κ2) is 11.5. The van der Waals surface area contributed by atoms with E-state index in [-0.39, 0.29) is 22.9 Å². The number of carbonyl (C=O) groups excluding carboxylic acids is 1. The molecule has 1 aliphatic heterocycles. The smallest absolute Gasteiger partial charge is 0.338 e. The maximum Gasteiger partial charge on any atom is 0.338 e. The van der Waals surface area contributed by atoms with Crippen molar-refractivity contribution in [3.05, 3.63) is 101 Å². The van der Waals surface area contributed by atoms with Crippen LogP contribution in [0.4, 0.5) is 0 Å². The zero-order valence-corrected chi connectivity index (χ0v) is 24.1. The summed E-state index contributed by atoms with van der Waals surface area (Å²) in [6.07, 6.45) is 3.44. The average molecular weight is 574 g/mol. The minimum absolute atomic E-state index is 0.0146. The van der Waals surface area contributed by atoms with Crippen LogP contribution in [0, 0.1) is 0 Å². The number of benzene rings is 3. The fourth-order valence-electron chi connectivity index (χ4n) is 6.00. The first-order valence-electron chi connectivity index (χ1n) is 14.0. The Balaban J connectivity index is 1.58. The Morgan fingerprint density at radius 1 is 1.00 bits per heavy atom. The third kappa shape index (κ3) is 5.64. The van der Waals surface area contributed by atoms with E-state index in [1.54, 1.807) is 36.4 Å². The Morgan fingerprint density at radius 2 is 1.68 bits per heavy atom. The van der Waals surface area contributed by atoms with Crippen LogP contribution >= 0.6 is 0 Å². The number of nitrogens with two attached hydrogens (primary N) is 1. The molecule has 4 aromatic rings. The number of imidazole rings is 1. The zero-order chi connectivity index (χ0) is 29.2. The van der Waals surface area contributed by atoms with Crippen molar-refractivity contribution in [3.8, 4) is 5.69 Å². The summed E-state index contributed by atoms with van der Waals surface area (Å²) in [6, 6.07) is 24.4. The molecule has 2 unspecified atom stereocenters. The van der Waals surface area contributed by atoms with Gasteiger partial charge in [-0.2, -0.15) is 0 Å². The van der Waals surface area contributed by atoms with Crippen LogP contribution in [-0.4, -0.2) is 34.6 Å². The Kier molecular flexibility index (Phi) is 8.02. The molecule has 0 fully saturated rings. The first kappa shape index (κ1) is 28.6. The van der Waals surface area contributed by atoms with Crippen LogP contribution in [-0.2, 0) is 26.0 Å². The van der Waals surface area contributed by atoms with E-state index < -0.39 is 27.5 Å². The second-order valence-corrected chi connectivity index (χ2v) is 12.1. The number of rotatable bonds is 10. The molecule has 41 heavy (non-hydrogen) atoms. The first-order valence-corrected chi connectivity index (χ1v) is 15.5. The number of hydrogen-bond donors (Lipinski definition) is 2. The number of sulfonamides is 1. The summed E-state index contributed by atoms with van der Waals surface area (Å²) >= 11 is 0. The molecule has 2 atom stereocenters. The number of aliphatic hydroxyl groups excluding tert-OH is 1. The maximum atomic E-state index is 13.7. The van der Waals surface area contributed by atoms with Crippen molar-refractivity contribution < 1.29 is 23.1 Å². The Bertz CT molecular complexity index is 1700. The molecule has 3 aromatic carbocycles. The fraction of sp³-hybridized carbons (Fsp3) is 0.312. The number of nitrogens with zero attached hydrogens (tertiary/aromatic N) is 2. The van der Waals surface area contributed by atoms with Crippen LogP contribution in [0.1, 0.15) is 63.0 Å². The van der Waals surface area contributed by atoms with Gasteiger partial charge in [0.05, 0.1) is 16.6 Å². The van der Waals surface area contributed by atoms with Gasteiger partial charge in [-0.1, -0.05) is 80.9 Å². The molecule has 0 spiro atoms. The zero-order valence-electron chi connectivity index (χ0n) is 23.3. The van der Waals surface area contributed by atoms with Crippen LogP contribution in [0.5, 0.6) is 0 Å². The van der Waals surface area contributed by atoms with Crippen molar-refractivity contribution >= 4 is 27.0 Å². The van der Waals surface area contributed by atoms with E-state index in [9.17, 15) is 18.3 Å².